The van der Waals surface area contributed by atoms with Crippen LogP contribution in [0.15, 0.2) is 0 Å². The van der Waals surface area contributed by atoms with Crippen LogP contribution in [0.2, 0.25) is 0 Å². The molecule has 0 bridgehead atoms. The summed E-state index contributed by atoms with van der Waals surface area (Å²) in [5, 5.41) is 10.5. The first-order chi connectivity index (χ1) is 9.38. The van der Waals surface area contributed by atoms with E-state index in [4.69, 9.17) is 4.74 Å². The van der Waals surface area contributed by atoms with Crippen LogP contribution < -0.4 is 0 Å². The molecule has 2 rings (SSSR count). The highest BCUT2D eigenvalue weighted by Gasteiger charge is 2.40. The Labute approximate surface area is 126 Å². The molecule has 0 spiro atoms. The number of hydrogen-bond acceptors (Lipinski definition) is 4. The molecule has 0 aromatic rings. The van der Waals surface area contributed by atoms with E-state index in [-0.39, 0.29) is 11.5 Å². The Balaban J connectivity index is 1.97. The van der Waals surface area contributed by atoms with Crippen LogP contribution in [0.3, 0.4) is 0 Å². The summed E-state index contributed by atoms with van der Waals surface area (Å²) in [6, 6.07) is 0. The van der Waals surface area contributed by atoms with Crippen LogP contribution in [0.5, 0.6) is 0 Å². The van der Waals surface area contributed by atoms with Crippen molar-refractivity contribution in [2.45, 2.75) is 70.0 Å². The predicted octanol–water partition coefficient (Wildman–Crippen LogP) is 3.24. The Kier molecular flexibility index (Phi) is 5.24. The van der Waals surface area contributed by atoms with E-state index in [9.17, 15) is 9.90 Å². The van der Waals surface area contributed by atoms with Gasteiger partial charge in [0.2, 0.25) is 0 Å². The van der Waals surface area contributed by atoms with E-state index < -0.39 is 11.7 Å². The molecule has 2 atom stereocenters. The average molecular weight is 301 g/mol. The van der Waals surface area contributed by atoms with Crippen LogP contribution in [-0.2, 0) is 4.74 Å². The Hall–Kier alpha value is -0.420. The van der Waals surface area contributed by atoms with Crippen molar-refractivity contribution in [3.05, 3.63) is 0 Å². The highest BCUT2D eigenvalue weighted by Crippen LogP contribution is 2.36. The first-order valence-electron chi connectivity index (χ1n) is 7.68. The van der Waals surface area contributed by atoms with E-state index in [1.807, 2.05) is 20.8 Å². The van der Waals surface area contributed by atoms with Gasteiger partial charge in [0.05, 0.1) is 6.10 Å². The molecular formula is C15H27NO3S. The number of thioether (sulfide) groups is 1. The van der Waals surface area contributed by atoms with E-state index >= 15 is 0 Å². The van der Waals surface area contributed by atoms with E-state index in [1.165, 1.54) is 19.3 Å². The summed E-state index contributed by atoms with van der Waals surface area (Å²) in [6.45, 7) is 6.30. The first-order valence-corrected chi connectivity index (χ1v) is 8.72. The number of carbonyl (C=O) groups is 1. The Bertz CT molecular complexity index is 337. The maximum atomic E-state index is 12.2. The molecule has 1 saturated carbocycles. The lowest BCUT2D eigenvalue weighted by Gasteiger charge is -2.35. The number of aliphatic hydroxyl groups excluding tert-OH is 1. The van der Waals surface area contributed by atoms with Gasteiger partial charge < -0.3 is 9.84 Å². The maximum absolute atomic E-state index is 12.2. The molecule has 116 valence electrons. The molecular weight excluding hydrogens is 274 g/mol. The van der Waals surface area contributed by atoms with Gasteiger partial charge in [0.1, 0.15) is 11.0 Å². The predicted molar refractivity (Wildman–Crippen MR) is 81.8 cm³/mol. The topological polar surface area (TPSA) is 49.8 Å². The minimum atomic E-state index is -0.481. The highest BCUT2D eigenvalue weighted by molar-refractivity contribution is 8.00. The lowest BCUT2D eigenvalue weighted by atomic mass is 9.85. The van der Waals surface area contributed by atoms with Gasteiger partial charge in [-0.3, -0.25) is 4.90 Å². The van der Waals surface area contributed by atoms with Crippen LogP contribution in [0.4, 0.5) is 4.79 Å². The first kappa shape index (κ1) is 16.0. The molecule has 0 aromatic heterocycles. The number of hydrogen-bond donors (Lipinski definition) is 1. The van der Waals surface area contributed by atoms with Gasteiger partial charge in [-0.1, -0.05) is 19.3 Å². The van der Waals surface area contributed by atoms with Crippen molar-refractivity contribution in [1.29, 1.82) is 0 Å². The zero-order chi connectivity index (χ0) is 14.8. The minimum Gasteiger partial charge on any atom is -0.444 e. The van der Waals surface area contributed by atoms with E-state index in [0.717, 1.165) is 18.6 Å². The quantitative estimate of drug-likeness (QED) is 0.850. The van der Waals surface area contributed by atoms with Crippen molar-refractivity contribution < 1.29 is 14.6 Å². The fourth-order valence-electron chi connectivity index (χ4n) is 3.00. The zero-order valence-corrected chi connectivity index (χ0v) is 13.6. The highest BCUT2D eigenvalue weighted by atomic mass is 32.2. The average Bonchev–Trinajstić information content (AvgIpc) is 2.86. The van der Waals surface area contributed by atoms with Crippen LogP contribution >= 0.6 is 11.8 Å². The molecule has 2 aliphatic rings. The van der Waals surface area contributed by atoms with Crippen LogP contribution in [0.1, 0.15) is 52.9 Å². The summed E-state index contributed by atoms with van der Waals surface area (Å²) < 4.78 is 5.45. The monoisotopic (exact) mass is 301 g/mol. The lowest BCUT2D eigenvalue weighted by molar-refractivity contribution is 0.000416. The number of amides is 1. The number of nitrogens with zero attached hydrogens (tertiary/aromatic N) is 1. The zero-order valence-electron chi connectivity index (χ0n) is 12.8. The summed E-state index contributed by atoms with van der Waals surface area (Å²) in [6.07, 6.45) is 5.13. The number of carbonyl (C=O) groups excluding carboxylic acids is 1. The number of ether oxygens (including phenoxy) is 1. The third kappa shape index (κ3) is 4.04. The third-order valence-corrected chi connectivity index (χ3v) is 5.27. The van der Waals surface area contributed by atoms with Crippen molar-refractivity contribution in [2.24, 2.45) is 5.92 Å². The molecule has 1 heterocycles. The molecule has 2 fully saturated rings. The van der Waals surface area contributed by atoms with Gasteiger partial charge in [-0.15, -0.1) is 11.8 Å². The van der Waals surface area contributed by atoms with Crippen LogP contribution in [-0.4, -0.2) is 45.5 Å². The van der Waals surface area contributed by atoms with Crippen LogP contribution in [0, 0.1) is 5.92 Å². The molecule has 5 heteroatoms. The minimum absolute atomic E-state index is 0.132. The summed E-state index contributed by atoms with van der Waals surface area (Å²) in [7, 11) is 0. The van der Waals surface area contributed by atoms with E-state index in [2.05, 4.69) is 0 Å². The SMILES string of the molecule is CC(C)(C)OC(=O)N1CCS[C@H]1[C@H](O)C1CCCCC1. The second-order valence-electron chi connectivity index (χ2n) is 6.82. The van der Waals surface area contributed by atoms with Gasteiger partial charge >= 0.3 is 6.09 Å². The molecule has 1 aliphatic carbocycles. The van der Waals surface area contributed by atoms with Gasteiger partial charge in [0, 0.05) is 12.3 Å². The molecule has 1 N–H and O–H groups in total. The smallest absolute Gasteiger partial charge is 0.411 e. The summed E-state index contributed by atoms with van der Waals surface area (Å²) in [5.74, 6) is 1.22. The molecule has 0 unspecified atom stereocenters. The lowest BCUT2D eigenvalue weighted by Crippen LogP contribution is -2.46. The Morgan fingerprint density at radius 3 is 2.55 bits per heavy atom. The second-order valence-corrected chi connectivity index (χ2v) is 8.05. The van der Waals surface area contributed by atoms with Crippen molar-refractivity contribution >= 4 is 17.9 Å². The van der Waals surface area contributed by atoms with Gasteiger partial charge in [-0.2, -0.15) is 0 Å². The Morgan fingerprint density at radius 1 is 1.30 bits per heavy atom. The summed E-state index contributed by atoms with van der Waals surface area (Å²) >= 11 is 1.68. The summed E-state index contributed by atoms with van der Waals surface area (Å²) in [4.78, 5) is 14.0. The largest absolute Gasteiger partial charge is 0.444 e. The maximum Gasteiger partial charge on any atom is 0.411 e. The van der Waals surface area contributed by atoms with Crippen molar-refractivity contribution in [3.8, 4) is 0 Å². The standard InChI is InChI=1S/C15H27NO3S/c1-15(2,3)19-14(18)16-9-10-20-13(16)12(17)11-7-5-4-6-8-11/h11-13,17H,4-10H2,1-3H3/t12-,13+/m1/s1. The number of aliphatic hydroxyl groups is 1. The van der Waals surface area contributed by atoms with Gasteiger partial charge in [-0.05, 0) is 39.5 Å². The van der Waals surface area contributed by atoms with E-state index in [0.29, 0.717) is 12.5 Å². The van der Waals surface area contributed by atoms with Crippen molar-refractivity contribution in [2.75, 3.05) is 12.3 Å². The fourth-order valence-corrected chi connectivity index (χ4v) is 4.33. The summed E-state index contributed by atoms with van der Waals surface area (Å²) in [5.41, 5.74) is -0.481. The van der Waals surface area contributed by atoms with Crippen molar-refractivity contribution in [3.63, 3.8) is 0 Å². The van der Waals surface area contributed by atoms with Crippen LogP contribution in [0.25, 0.3) is 0 Å². The molecule has 4 nitrogen and oxygen atoms in total. The third-order valence-electron chi connectivity index (χ3n) is 3.98. The van der Waals surface area contributed by atoms with Gasteiger partial charge in [0.15, 0.2) is 0 Å². The van der Waals surface area contributed by atoms with Gasteiger partial charge in [-0.25, -0.2) is 4.79 Å². The molecule has 1 aliphatic heterocycles. The number of rotatable bonds is 2. The van der Waals surface area contributed by atoms with Crippen molar-refractivity contribution in [1.82, 2.24) is 4.90 Å². The molecule has 1 saturated heterocycles. The molecule has 0 aromatic carbocycles. The Morgan fingerprint density at radius 2 is 1.95 bits per heavy atom. The normalized spacial score (nSPS) is 26.6. The molecule has 1 amide bonds. The molecule has 0 radical (unpaired) electrons. The van der Waals surface area contributed by atoms with Gasteiger partial charge in [0.25, 0.3) is 0 Å². The fraction of sp³-hybridized carbons (Fsp3) is 0.933. The molecule has 20 heavy (non-hydrogen) atoms. The second kappa shape index (κ2) is 6.56. The van der Waals surface area contributed by atoms with E-state index in [1.54, 1.807) is 16.7 Å².